The molecule has 320 valence electrons. The molecule has 0 aromatic rings. The van der Waals surface area contributed by atoms with Gasteiger partial charge in [0.2, 0.25) is 0 Å². The van der Waals surface area contributed by atoms with Gasteiger partial charge < -0.3 is 115 Å². The summed E-state index contributed by atoms with van der Waals surface area (Å²) in [6.07, 6.45) is -35.1. The van der Waals surface area contributed by atoms with E-state index in [1.807, 2.05) is 0 Å². The predicted octanol–water partition coefficient (Wildman–Crippen LogP) is -10.9. The average molecular weight is 808 g/mol. The zero-order valence-corrected chi connectivity index (χ0v) is 29.3. The summed E-state index contributed by atoms with van der Waals surface area (Å²) in [6.45, 7) is -3.37. The van der Waals surface area contributed by atoms with Gasteiger partial charge in [-0.25, -0.2) is 0 Å². The van der Waals surface area contributed by atoms with Gasteiger partial charge in [-0.1, -0.05) is 6.08 Å². The molecule has 0 spiro atoms. The molecular weight excluding hydrogens is 754 g/mol. The van der Waals surface area contributed by atoms with Crippen LogP contribution < -0.4 is 5.32 Å². The van der Waals surface area contributed by atoms with Crippen LogP contribution in [-0.4, -0.2) is 255 Å². The van der Waals surface area contributed by atoms with E-state index in [1.54, 1.807) is 0 Å². The Morgan fingerprint density at radius 2 is 1.22 bits per heavy atom. The molecule has 0 radical (unpaired) electrons. The van der Waals surface area contributed by atoms with Crippen LogP contribution >= 0.6 is 0 Å². The average Bonchev–Trinajstić information content (AvgIpc) is 3.18. The predicted molar refractivity (Wildman–Crippen MR) is 172 cm³/mol. The number of aliphatic hydroxyl groups is 16. The molecule has 22 atom stereocenters. The Labute approximate surface area is 312 Å². The van der Waals surface area contributed by atoms with Crippen molar-refractivity contribution >= 4 is 5.78 Å². The van der Waals surface area contributed by atoms with E-state index in [1.165, 1.54) is 13.0 Å². The quantitative estimate of drug-likeness (QED) is 0.0644. The number of ether oxygens (including phenoxy) is 6. The van der Waals surface area contributed by atoms with E-state index in [2.05, 4.69) is 5.32 Å². The minimum Gasteiger partial charge on any atom is -0.394 e. The lowest BCUT2D eigenvalue weighted by Gasteiger charge is -2.49. The second-order valence-electron chi connectivity index (χ2n) is 13.8. The van der Waals surface area contributed by atoms with Gasteiger partial charge in [-0.05, 0) is 12.5 Å². The van der Waals surface area contributed by atoms with Crippen molar-refractivity contribution in [3.05, 3.63) is 11.6 Å². The maximum absolute atomic E-state index is 11.8. The summed E-state index contributed by atoms with van der Waals surface area (Å²) in [5.41, 5.74) is -0.0113. The van der Waals surface area contributed by atoms with Crippen LogP contribution in [-0.2, 0) is 33.2 Å². The molecule has 3 saturated heterocycles. The number of nitrogens with one attached hydrogen (secondary N) is 1. The number of carbonyl (C=O) groups is 1. The fourth-order valence-corrected chi connectivity index (χ4v) is 6.82. The Hall–Kier alpha value is -1.51. The van der Waals surface area contributed by atoms with Gasteiger partial charge in [0.1, 0.15) is 104 Å². The smallest absolute Gasteiger partial charge is 0.189 e. The van der Waals surface area contributed by atoms with Gasteiger partial charge in [-0.15, -0.1) is 0 Å². The first-order valence-corrected chi connectivity index (χ1v) is 17.4. The summed E-state index contributed by atoms with van der Waals surface area (Å²) in [6, 6.07) is -2.28. The van der Waals surface area contributed by atoms with Gasteiger partial charge >= 0.3 is 0 Å². The molecule has 4 rings (SSSR count). The molecule has 3 heterocycles. The molecular formula is C31H53NO23. The fraction of sp³-hybridized carbons (Fsp3) is 0.903. The third-order valence-electron chi connectivity index (χ3n) is 10.1. The molecule has 24 nitrogen and oxygen atoms in total. The third kappa shape index (κ3) is 9.86. The number of ketones is 1. The first-order chi connectivity index (χ1) is 25.9. The molecule has 3 aliphatic heterocycles. The largest absolute Gasteiger partial charge is 0.394 e. The first kappa shape index (κ1) is 46.2. The van der Waals surface area contributed by atoms with Crippen molar-refractivity contribution in [3.8, 4) is 0 Å². The second-order valence-corrected chi connectivity index (χ2v) is 13.8. The zero-order valence-electron chi connectivity index (χ0n) is 29.3. The van der Waals surface area contributed by atoms with Crippen molar-refractivity contribution in [3.63, 3.8) is 0 Å². The van der Waals surface area contributed by atoms with Crippen molar-refractivity contribution in [1.82, 2.24) is 5.32 Å². The van der Waals surface area contributed by atoms with Gasteiger partial charge in [0, 0.05) is 0 Å². The van der Waals surface area contributed by atoms with E-state index >= 15 is 0 Å². The van der Waals surface area contributed by atoms with Crippen LogP contribution in [0.2, 0.25) is 0 Å². The highest BCUT2D eigenvalue weighted by Crippen LogP contribution is 2.33. The summed E-state index contributed by atoms with van der Waals surface area (Å²) in [5, 5.41) is 168. The summed E-state index contributed by atoms with van der Waals surface area (Å²) < 4.78 is 33.3. The summed E-state index contributed by atoms with van der Waals surface area (Å²) in [4.78, 5) is 11.8. The van der Waals surface area contributed by atoms with Crippen molar-refractivity contribution in [2.24, 2.45) is 0 Å². The highest BCUT2D eigenvalue weighted by atomic mass is 16.8. The van der Waals surface area contributed by atoms with Gasteiger partial charge in [0.15, 0.2) is 24.7 Å². The zero-order chi connectivity index (χ0) is 41.0. The lowest BCUT2D eigenvalue weighted by molar-refractivity contribution is -0.379. The number of hydrogen-bond donors (Lipinski definition) is 17. The number of carbonyl (C=O) groups excluding carboxylic acids is 1. The van der Waals surface area contributed by atoms with E-state index in [4.69, 9.17) is 33.5 Å². The van der Waals surface area contributed by atoms with Crippen molar-refractivity contribution in [1.29, 1.82) is 0 Å². The van der Waals surface area contributed by atoms with Crippen LogP contribution in [0.25, 0.3) is 0 Å². The maximum atomic E-state index is 11.8. The van der Waals surface area contributed by atoms with E-state index in [0.717, 1.165) is 0 Å². The van der Waals surface area contributed by atoms with Crippen molar-refractivity contribution in [2.75, 3.05) is 33.0 Å². The topological polar surface area (TPSA) is 408 Å². The third-order valence-corrected chi connectivity index (χ3v) is 10.1. The SMILES string of the molecule is C[C@H]1O[C@H](O[C@H]2[C@H](O)[C@@H](O)[C@@H](O[C@H]3[C@H](O)[C@@H](O)[C@@H](O[C@H]([C@H](O)CO)[C@H](O)C(=O)CO)O[C@@H]3CO)O[C@@H]2CO)[C@H](O)[C@@H](O)[C@@H]1N[C@H]1C=C(CO)[C@H](O)[C@H](O)[C@H]1O. The molecule has 0 amide bonds. The second kappa shape index (κ2) is 20.0. The molecule has 4 aliphatic rings. The lowest BCUT2D eigenvalue weighted by Crippen LogP contribution is -2.68. The number of Topliss-reactive ketones (excluding diaryl/α,β-unsaturated/α-hetero) is 1. The molecule has 0 bridgehead atoms. The monoisotopic (exact) mass is 807 g/mol. The van der Waals surface area contributed by atoms with E-state index in [9.17, 15) is 81.4 Å². The Morgan fingerprint density at radius 1 is 0.709 bits per heavy atom. The number of aliphatic hydroxyl groups excluding tert-OH is 16. The van der Waals surface area contributed by atoms with E-state index in [-0.39, 0.29) is 5.57 Å². The Kier molecular flexibility index (Phi) is 16.8. The van der Waals surface area contributed by atoms with Gasteiger partial charge in [0.25, 0.3) is 0 Å². The standard InChI is InChI=1S/C31H53NO23/c1-8-15(32-10-2-9(3-33)16(40)20(44)17(10)41)19(43)23(47)29(50-8)54-27-13(6-36)52-31(25(49)22(27)46)55-28-14(7-37)51-30(24(48)21(28)45)53-26(12(39)5-35)18(42)11(38)4-34/h2,8,10,12-37,39-49H,3-7H2,1H3/t8-,10+,12-,13-,14-,15-,16+,17+,18-,19+,20+,21-,22-,23-,24-,25-,26-,27-,28-,29-,30-,31-/m1/s1. The van der Waals surface area contributed by atoms with Crippen LogP contribution in [0, 0.1) is 0 Å². The van der Waals surface area contributed by atoms with E-state index in [0.29, 0.717) is 0 Å². The van der Waals surface area contributed by atoms with Crippen molar-refractivity contribution in [2.45, 2.75) is 142 Å². The highest BCUT2D eigenvalue weighted by molar-refractivity contribution is 5.84. The van der Waals surface area contributed by atoms with Crippen LogP contribution in [0.15, 0.2) is 11.6 Å². The van der Waals surface area contributed by atoms with Crippen LogP contribution in [0.1, 0.15) is 6.92 Å². The summed E-state index contributed by atoms with van der Waals surface area (Å²) in [7, 11) is 0. The van der Waals surface area contributed by atoms with E-state index < -0.39 is 174 Å². The van der Waals surface area contributed by atoms with Crippen LogP contribution in [0.5, 0.6) is 0 Å². The number of rotatable bonds is 16. The molecule has 0 aromatic carbocycles. The van der Waals surface area contributed by atoms with Gasteiger partial charge in [-0.2, -0.15) is 0 Å². The molecule has 55 heavy (non-hydrogen) atoms. The molecule has 0 aromatic heterocycles. The molecule has 1 aliphatic carbocycles. The van der Waals surface area contributed by atoms with Crippen LogP contribution in [0.4, 0.5) is 0 Å². The fourth-order valence-electron chi connectivity index (χ4n) is 6.82. The van der Waals surface area contributed by atoms with Crippen molar-refractivity contribution < 1.29 is 115 Å². The van der Waals surface area contributed by atoms with Gasteiger partial charge in [-0.3, -0.25) is 4.79 Å². The molecule has 0 saturated carbocycles. The Bertz CT molecular complexity index is 1250. The summed E-state index contributed by atoms with van der Waals surface area (Å²) in [5.74, 6) is -1.24. The van der Waals surface area contributed by atoms with Gasteiger partial charge in [0.05, 0.1) is 44.6 Å². The normalized spacial score (nSPS) is 45.8. The Balaban J connectivity index is 1.42. The minimum atomic E-state index is -2.23. The minimum absolute atomic E-state index is 0.0113. The molecule has 3 fully saturated rings. The number of hydrogen-bond acceptors (Lipinski definition) is 24. The van der Waals surface area contributed by atoms with Crippen LogP contribution in [0.3, 0.4) is 0 Å². The lowest BCUT2D eigenvalue weighted by atomic mass is 9.86. The molecule has 24 heteroatoms. The Morgan fingerprint density at radius 3 is 1.73 bits per heavy atom. The highest BCUT2D eigenvalue weighted by Gasteiger charge is 2.54. The molecule has 0 unspecified atom stereocenters. The summed E-state index contributed by atoms with van der Waals surface area (Å²) >= 11 is 0. The first-order valence-electron chi connectivity index (χ1n) is 17.4. The molecule has 17 N–H and O–H groups in total. The maximum Gasteiger partial charge on any atom is 0.189 e.